The van der Waals surface area contributed by atoms with Crippen molar-refractivity contribution in [2.75, 3.05) is 27.4 Å². The Morgan fingerprint density at radius 1 is 0.573 bits per heavy atom. The van der Waals surface area contributed by atoms with E-state index in [1.807, 2.05) is 45.0 Å². The van der Waals surface area contributed by atoms with Crippen molar-refractivity contribution in [3.05, 3.63) is 147 Å². The number of allylic oxidation sites excluding steroid dienone is 2. The van der Waals surface area contributed by atoms with Gasteiger partial charge in [0.15, 0.2) is 0 Å². The molecule has 5 aromatic carbocycles. The Bertz CT molecular complexity index is 2760. The Morgan fingerprint density at radius 2 is 0.960 bits per heavy atom. The van der Waals surface area contributed by atoms with Crippen molar-refractivity contribution in [1.29, 1.82) is 0 Å². The summed E-state index contributed by atoms with van der Waals surface area (Å²) < 4.78 is 33.7. The minimum absolute atomic E-state index is 0. The number of carbonyl (C=O) groups excluding carboxylic acids is 5. The van der Waals surface area contributed by atoms with E-state index >= 15 is 0 Å². The molecule has 0 atom stereocenters. The number of aldehydes is 3. The Hall–Kier alpha value is -6.28. The monoisotopic (exact) mass is 1070 g/mol. The minimum Gasteiger partial charge on any atom is -0.496 e. The molecule has 402 valence electrons. The van der Waals surface area contributed by atoms with E-state index in [1.54, 1.807) is 14.2 Å². The third-order valence-corrected chi connectivity index (χ3v) is 21.1. The lowest BCUT2D eigenvalue weighted by Gasteiger charge is -2.31. The van der Waals surface area contributed by atoms with Gasteiger partial charge in [0.1, 0.15) is 66.2 Å². The molecule has 0 aromatic heterocycles. The molecule has 0 radical (unpaired) electrons. The standard InChI is InChI=1S/C22H21OP.C21H30O5Si.C17H24O5Si.CH4/c1-2-19(18-23)24(20-12-6-3-7-13-20,21-14-8-4-9-15-21)22-16-10-5-11-17-22;1-7-15(12-22)8-9-16-19(24-3)14(2)17-13-26-21(23)18(17)20(16)25-10-11-27(4,5)6;1-11-13-10-22-17(19)14(13)16(21-8-9-23(3,4)5)12(6-7-18)15(11)20-2;/h3-18H,2H2,1H3;8,12H,7,9-11,13H2,1-6H3;7H,6,8-10H2,1-5H3;1H4/b;15-8+;;. The summed E-state index contributed by atoms with van der Waals surface area (Å²) in [7, 11) is 0.632. The fourth-order valence-electron chi connectivity index (χ4n) is 9.15. The lowest BCUT2D eigenvalue weighted by molar-refractivity contribution is -0.107. The van der Waals surface area contributed by atoms with Gasteiger partial charge in [-0.2, -0.15) is 0 Å². The van der Waals surface area contributed by atoms with E-state index in [2.05, 4.69) is 119 Å². The van der Waals surface area contributed by atoms with E-state index in [1.165, 1.54) is 15.9 Å². The van der Waals surface area contributed by atoms with Crippen molar-refractivity contribution in [3.63, 3.8) is 0 Å². The molecule has 5 aromatic rings. The van der Waals surface area contributed by atoms with Gasteiger partial charge in [0, 0.05) is 50.1 Å². The number of cyclic esters (lactones) is 2. The summed E-state index contributed by atoms with van der Waals surface area (Å²) in [6, 6.07) is 33.4. The first-order chi connectivity index (χ1) is 35.4. The first-order valence-corrected chi connectivity index (χ1v) is 34.6. The predicted octanol–water partition coefficient (Wildman–Crippen LogP) is 12.0. The smallest absolute Gasteiger partial charge is 0.342 e. The maximum atomic E-state index is 12.4. The van der Waals surface area contributed by atoms with Crippen molar-refractivity contribution in [2.24, 2.45) is 0 Å². The molecule has 2 aliphatic rings. The molecule has 0 fully saturated rings. The Morgan fingerprint density at radius 3 is 1.27 bits per heavy atom. The third kappa shape index (κ3) is 14.6. The Balaban J connectivity index is 0.000000243. The summed E-state index contributed by atoms with van der Waals surface area (Å²) in [6.07, 6.45) is 6.65. The molecular formula is C61H79O11PSi2. The average Bonchev–Trinajstić information content (AvgIpc) is 3.98. The summed E-state index contributed by atoms with van der Waals surface area (Å²) in [4.78, 5) is 58.9. The van der Waals surface area contributed by atoms with Gasteiger partial charge in [-0.05, 0) is 84.7 Å². The highest BCUT2D eigenvalue weighted by molar-refractivity contribution is 7.96. The molecule has 0 saturated carbocycles. The van der Waals surface area contributed by atoms with Gasteiger partial charge in [0.2, 0.25) is 0 Å². The van der Waals surface area contributed by atoms with Crippen LogP contribution in [0.1, 0.15) is 88.2 Å². The zero-order valence-electron chi connectivity index (χ0n) is 45.5. The molecule has 11 nitrogen and oxygen atoms in total. The molecule has 2 heterocycles. The third-order valence-electron chi connectivity index (χ3n) is 13.2. The van der Waals surface area contributed by atoms with Crippen LogP contribution in [0.15, 0.2) is 103 Å². The summed E-state index contributed by atoms with van der Waals surface area (Å²) in [5, 5.41) is 4.66. The number of benzene rings is 5. The molecule has 7 rings (SSSR count). The first-order valence-electron chi connectivity index (χ1n) is 25.4. The zero-order chi connectivity index (χ0) is 54.2. The van der Waals surface area contributed by atoms with E-state index in [-0.39, 0.29) is 39.0 Å². The number of carbonyl (C=O) groups is 5. The minimum atomic E-state index is -2.11. The van der Waals surface area contributed by atoms with E-state index in [0.717, 1.165) is 70.5 Å². The van der Waals surface area contributed by atoms with Gasteiger partial charge in [0.05, 0.1) is 27.4 Å². The second-order valence-corrected chi connectivity index (χ2v) is 35.3. The Labute approximate surface area is 448 Å². The van der Waals surface area contributed by atoms with Crippen LogP contribution in [0.4, 0.5) is 0 Å². The molecule has 0 N–H and O–H groups in total. The lowest BCUT2D eigenvalue weighted by atomic mass is 9.94. The van der Waals surface area contributed by atoms with Crippen LogP contribution >= 0.6 is 6.89 Å². The van der Waals surface area contributed by atoms with Gasteiger partial charge in [0.25, 0.3) is 0 Å². The summed E-state index contributed by atoms with van der Waals surface area (Å²) in [5.41, 5.74) is 6.47. The molecule has 0 unspecified atom stereocenters. The summed E-state index contributed by atoms with van der Waals surface area (Å²) >= 11 is 0. The van der Waals surface area contributed by atoms with Crippen LogP contribution in [-0.4, -0.2) is 79.7 Å². The maximum Gasteiger partial charge on any atom is 0.342 e. The van der Waals surface area contributed by atoms with Crippen molar-refractivity contribution in [2.45, 2.75) is 125 Å². The molecule has 2 aliphatic heterocycles. The number of hydrogen-bond acceptors (Lipinski definition) is 11. The van der Waals surface area contributed by atoms with Crippen LogP contribution in [0, 0.1) is 13.8 Å². The SMILES string of the molecule is C.CC/C(C=O)=C\Cc1c(OC)c(C)c2c(c1OCC[Si](C)(C)C)C(=O)OC2.CCC(C=O)=P(c1ccccc1)(c1ccccc1)c1ccccc1.COc1c(C)c2c(c(OCC[Si](C)(C)C)c1CC=O)C(=O)OC2. The topological polar surface area (TPSA) is 141 Å². The highest BCUT2D eigenvalue weighted by Crippen LogP contribution is 2.47. The highest BCUT2D eigenvalue weighted by Gasteiger charge is 2.35. The van der Waals surface area contributed by atoms with Crippen LogP contribution in [0.5, 0.6) is 23.0 Å². The van der Waals surface area contributed by atoms with Crippen LogP contribution in [0.25, 0.3) is 0 Å². The number of methoxy groups -OCH3 is 2. The van der Waals surface area contributed by atoms with Gasteiger partial charge < -0.3 is 33.2 Å². The molecule has 0 aliphatic carbocycles. The molecule has 0 bridgehead atoms. The number of hydrogen-bond donors (Lipinski definition) is 0. The lowest BCUT2D eigenvalue weighted by Crippen LogP contribution is -2.30. The van der Waals surface area contributed by atoms with Gasteiger partial charge >= 0.3 is 11.9 Å². The molecule has 0 amide bonds. The summed E-state index contributed by atoms with van der Waals surface area (Å²) in [6.45, 7) is 20.9. The fraction of sp³-hybridized carbons (Fsp3) is 0.377. The largest absolute Gasteiger partial charge is 0.496 e. The molecule has 0 saturated heterocycles. The normalized spacial score (nSPS) is 12.7. The van der Waals surface area contributed by atoms with Gasteiger partial charge in [-0.25, -0.2) is 9.59 Å². The van der Waals surface area contributed by atoms with E-state index < -0.39 is 23.0 Å². The summed E-state index contributed by atoms with van der Waals surface area (Å²) in [5.74, 6) is 1.57. The van der Waals surface area contributed by atoms with E-state index in [9.17, 15) is 24.0 Å². The number of ether oxygens (including phenoxy) is 6. The van der Waals surface area contributed by atoms with E-state index in [4.69, 9.17) is 28.4 Å². The van der Waals surface area contributed by atoms with E-state index in [0.29, 0.717) is 71.3 Å². The molecule has 75 heavy (non-hydrogen) atoms. The zero-order valence-corrected chi connectivity index (χ0v) is 48.4. The predicted molar refractivity (Wildman–Crippen MR) is 312 cm³/mol. The van der Waals surface area contributed by atoms with Gasteiger partial charge in [-0.1, -0.05) is 158 Å². The molecule has 14 heteroatoms. The fourth-order valence-corrected chi connectivity index (χ4v) is 15.0. The van der Waals surface area contributed by atoms with Crippen LogP contribution in [-0.2, 0) is 49.9 Å². The van der Waals surface area contributed by atoms with Gasteiger partial charge in [-0.3, -0.25) is 9.59 Å². The highest BCUT2D eigenvalue weighted by atomic mass is 31.2. The Kier molecular flexibility index (Phi) is 22.9. The van der Waals surface area contributed by atoms with Crippen LogP contribution < -0.4 is 34.9 Å². The second kappa shape index (κ2) is 28.0. The van der Waals surface area contributed by atoms with Crippen molar-refractivity contribution < 1.29 is 52.4 Å². The molecule has 0 spiro atoms. The first kappa shape index (κ1) is 61.3. The number of rotatable bonds is 21. The van der Waals surface area contributed by atoms with Gasteiger partial charge in [-0.15, -0.1) is 0 Å². The van der Waals surface area contributed by atoms with Crippen molar-refractivity contribution in [1.82, 2.24) is 0 Å². The average molecular weight is 1080 g/mol. The quantitative estimate of drug-likeness (QED) is 0.0228. The van der Waals surface area contributed by atoms with Crippen LogP contribution in [0.3, 0.4) is 0 Å². The molecular weight excluding hydrogens is 996 g/mol. The number of fused-ring (bicyclic) bond motifs is 2. The van der Waals surface area contributed by atoms with Crippen LogP contribution in [0.2, 0.25) is 51.4 Å². The van der Waals surface area contributed by atoms with Crippen molar-refractivity contribution >= 4 is 75.0 Å². The van der Waals surface area contributed by atoms with Crippen molar-refractivity contribution in [3.8, 4) is 23.0 Å². The second-order valence-electron chi connectivity index (χ2n) is 20.6. The number of esters is 2. The maximum absolute atomic E-state index is 12.4.